The largest absolute Gasteiger partial charge is 0.314 e. The van der Waals surface area contributed by atoms with E-state index in [-0.39, 0.29) is 0 Å². The predicted octanol–water partition coefficient (Wildman–Crippen LogP) is 1.88. The van der Waals surface area contributed by atoms with E-state index in [0.29, 0.717) is 0 Å². The van der Waals surface area contributed by atoms with Crippen molar-refractivity contribution in [2.75, 3.05) is 26.2 Å². The average molecular weight is 296 g/mol. The van der Waals surface area contributed by atoms with E-state index < -0.39 is 0 Å². The summed E-state index contributed by atoms with van der Waals surface area (Å²) in [4.78, 5) is 2.61. The first-order valence-electron chi connectivity index (χ1n) is 5.29. The molecule has 0 amide bonds. The Labute approximate surface area is 95.6 Å². The number of alkyl halides is 1. The summed E-state index contributed by atoms with van der Waals surface area (Å²) in [5, 5.41) is 3.42. The van der Waals surface area contributed by atoms with Crippen LogP contribution in [0.2, 0.25) is 0 Å². The van der Waals surface area contributed by atoms with E-state index in [1.54, 1.807) is 0 Å². The molecule has 1 aliphatic heterocycles. The zero-order chi connectivity index (χ0) is 9.68. The molecule has 0 aliphatic carbocycles. The number of halogens is 1. The van der Waals surface area contributed by atoms with E-state index in [1.807, 2.05) is 0 Å². The number of nitrogens with zero attached hydrogens (tertiary/aromatic N) is 1. The molecule has 1 N–H and O–H groups in total. The standard InChI is InChI=1S/C10H21IN2/c1-9(11)4-3-6-13-7-5-12-8-10(13)2/h9-10,12H,3-8H2,1-2H3. The van der Waals surface area contributed by atoms with Crippen molar-refractivity contribution in [2.24, 2.45) is 0 Å². The van der Waals surface area contributed by atoms with Gasteiger partial charge in [-0.3, -0.25) is 4.90 Å². The van der Waals surface area contributed by atoms with E-state index >= 15 is 0 Å². The highest BCUT2D eigenvalue weighted by atomic mass is 127. The second-order valence-corrected chi connectivity index (χ2v) is 6.14. The van der Waals surface area contributed by atoms with Crippen LogP contribution < -0.4 is 5.32 Å². The summed E-state index contributed by atoms with van der Waals surface area (Å²) >= 11 is 2.51. The molecule has 0 bridgehead atoms. The molecular weight excluding hydrogens is 275 g/mol. The highest BCUT2D eigenvalue weighted by molar-refractivity contribution is 14.1. The van der Waals surface area contributed by atoms with Crippen LogP contribution in [0.3, 0.4) is 0 Å². The maximum atomic E-state index is 3.42. The Morgan fingerprint density at radius 3 is 3.00 bits per heavy atom. The van der Waals surface area contributed by atoms with Gasteiger partial charge in [0.15, 0.2) is 0 Å². The van der Waals surface area contributed by atoms with E-state index in [4.69, 9.17) is 0 Å². The minimum Gasteiger partial charge on any atom is -0.314 e. The summed E-state index contributed by atoms with van der Waals surface area (Å²) in [5.74, 6) is 0. The summed E-state index contributed by atoms with van der Waals surface area (Å²) in [6.07, 6.45) is 2.71. The van der Waals surface area contributed by atoms with E-state index in [1.165, 1.54) is 39.0 Å². The molecule has 3 heteroatoms. The van der Waals surface area contributed by atoms with Gasteiger partial charge in [-0.2, -0.15) is 0 Å². The summed E-state index contributed by atoms with van der Waals surface area (Å²) in [7, 11) is 0. The van der Waals surface area contributed by atoms with Gasteiger partial charge in [0.1, 0.15) is 0 Å². The summed E-state index contributed by atoms with van der Waals surface area (Å²) in [5.41, 5.74) is 0. The molecule has 0 aromatic rings. The normalized spacial score (nSPS) is 27.5. The number of rotatable bonds is 4. The van der Waals surface area contributed by atoms with Gasteiger partial charge < -0.3 is 5.32 Å². The molecular formula is C10H21IN2. The fraction of sp³-hybridized carbons (Fsp3) is 1.00. The number of hydrogen-bond donors (Lipinski definition) is 1. The van der Waals surface area contributed by atoms with E-state index in [9.17, 15) is 0 Å². The summed E-state index contributed by atoms with van der Waals surface area (Å²) in [6.45, 7) is 9.47. The third kappa shape index (κ3) is 4.61. The SMILES string of the molecule is CC(I)CCCN1CCNCC1C. The molecule has 13 heavy (non-hydrogen) atoms. The predicted molar refractivity (Wildman–Crippen MR) is 66.6 cm³/mol. The lowest BCUT2D eigenvalue weighted by Crippen LogP contribution is -2.49. The van der Waals surface area contributed by atoms with Crippen LogP contribution in [0.1, 0.15) is 26.7 Å². The Hall–Kier alpha value is 0.650. The molecule has 0 spiro atoms. The van der Waals surface area contributed by atoms with Crippen LogP contribution in [0.15, 0.2) is 0 Å². The van der Waals surface area contributed by atoms with Crippen LogP contribution in [-0.4, -0.2) is 41.0 Å². The van der Waals surface area contributed by atoms with E-state index in [2.05, 4.69) is 46.7 Å². The molecule has 1 aliphatic rings. The molecule has 1 rings (SSSR count). The van der Waals surface area contributed by atoms with Crippen molar-refractivity contribution < 1.29 is 0 Å². The monoisotopic (exact) mass is 296 g/mol. The topological polar surface area (TPSA) is 15.3 Å². The summed E-state index contributed by atoms with van der Waals surface area (Å²) < 4.78 is 0.829. The minimum atomic E-state index is 0.735. The van der Waals surface area contributed by atoms with Crippen LogP contribution in [0, 0.1) is 0 Å². The lowest BCUT2D eigenvalue weighted by atomic mass is 10.2. The number of hydrogen-bond acceptors (Lipinski definition) is 2. The highest BCUT2D eigenvalue weighted by Gasteiger charge is 2.16. The smallest absolute Gasteiger partial charge is 0.0192 e. The third-order valence-electron chi connectivity index (χ3n) is 2.69. The molecule has 1 saturated heterocycles. The molecule has 2 unspecified atom stereocenters. The number of nitrogens with one attached hydrogen (secondary N) is 1. The van der Waals surface area contributed by atoms with Crippen molar-refractivity contribution in [3.05, 3.63) is 0 Å². The first-order valence-corrected chi connectivity index (χ1v) is 6.53. The lowest BCUT2D eigenvalue weighted by Gasteiger charge is -2.33. The molecule has 78 valence electrons. The third-order valence-corrected chi connectivity index (χ3v) is 3.31. The van der Waals surface area contributed by atoms with Gasteiger partial charge in [-0.1, -0.05) is 29.5 Å². The molecule has 0 radical (unpaired) electrons. The van der Waals surface area contributed by atoms with Crippen LogP contribution in [-0.2, 0) is 0 Å². The van der Waals surface area contributed by atoms with Gasteiger partial charge in [0, 0.05) is 29.6 Å². The van der Waals surface area contributed by atoms with Crippen LogP contribution in [0.4, 0.5) is 0 Å². The van der Waals surface area contributed by atoms with Gasteiger partial charge in [-0.05, 0) is 26.3 Å². The first kappa shape index (κ1) is 11.7. The van der Waals surface area contributed by atoms with Crippen molar-refractivity contribution in [1.82, 2.24) is 10.2 Å². The second kappa shape index (κ2) is 6.19. The maximum Gasteiger partial charge on any atom is 0.0192 e. The van der Waals surface area contributed by atoms with Gasteiger partial charge in [-0.25, -0.2) is 0 Å². The van der Waals surface area contributed by atoms with Crippen LogP contribution in [0.5, 0.6) is 0 Å². The zero-order valence-electron chi connectivity index (χ0n) is 8.72. The summed E-state index contributed by atoms with van der Waals surface area (Å²) in [6, 6.07) is 0.735. The Balaban J connectivity index is 2.11. The van der Waals surface area contributed by atoms with Gasteiger partial charge in [-0.15, -0.1) is 0 Å². The Kier molecular flexibility index (Phi) is 5.58. The molecule has 0 saturated carbocycles. The number of piperazine rings is 1. The molecule has 1 fully saturated rings. The second-order valence-electron chi connectivity index (χ2n) is 4.01. The van der Waals surface area contributed by atoms with Crippen LogP contribution >= 0.6 is 22.6 Å². The lowest BCUT2D eigenvalue weighted by molar-refractivity contribution is 0.171. The van der Waals surface area contributed by atoms with Crippen molar-refractivity contribution in [3.8, 4) is 0 Å². The molecule has 0 aromatic heterocycles. The zero-order valence-corrected chi connectivity index (χ0v) is 10.9. The fourth-order valence-electron chi connectivity index (χ4n) is 1.79. The molecule has 2 atom stereocenters. The van der Waals surface area contributed by atoms with Gasteiger partial charge >= 0.3 is 0 Å². The first-order chi connectivity index (χ1) is 6.20. The van der Waals surface area contributed by atoms with Gasteiger partial charge in [0.2, 0.25) is 0 Å². The van der Waals surface area contributed by atoms with Crippen LogP contribution in [0.25, 0.3) is 0 Å². The minimum absolute atomic E-state index is 0.735. The molecule has 0 aromatic carbocycles. The van der Waals surface area contributed by atoms with E-state index in [0.717, 1.165) is 9.97 Å². The fourth-order valence-corrected chi connectivity index (χ4v) is 2.23. The molecule has 2 nitrogen and oxygen atoms in total. The van der Waals surface area contributed by atoms with Crippen molar-refractivity contribution in [2.45, 2.75) is 36.7 Å². The van der Waals surface area contributed by atoms with Gasteiger partial charge in [0.05, 0.1) is 0 Å². The Morgan fingerprint density at radius 2 is 2.38 bits per heavy atom. The van der Waals surface area contributed by atoms with Crippen molar-refractivity contribution in [1.29, 1.82) is 0 Å². The highest BCUT2D eigenvalue weighted by Crippen LogP contribution is 2.10. The quantitative estimate of drug-likeness (QED) is 0.629. The molecule has 1 heterocycles. The van der Waals surface area contributed by atoms with Crippen molar-refractivity contribution in [3.63, 3.8) is 0 Å². The Bertz CT molecular complexity index is 139. The Morgan fingerprint density at radius 1 is 1.62 bits per heavy atom. The van der Waals surface area contributed by atoms with Gasteiger partial charge in [0.25, 0.3) is 0 Å². The maximum absolute atomic E-state index is 3.42. The average Bonchev–Trinajstić information content (AvgIpc) is 2.08. The van der Waals surface area contributed by atoms with Crippen molar-refractivity contribution >= 4 is 22.6 Å².